The summed E-state index contributed by atoms with van der Waals surface area (Å²) in [5.41, 5.74) is 6.78. The second-order valence-electron chi connectivity index (χ2n) is 5.19. The van der Waals surface area contributed by atoms with Gasteiger partial charge >= 0.3 is 0 Å². The summed E-state index contributed by atoms with van der Waals surface area (Å²) in [4.78, 5) is 4.20. The van der Waals surface area contributed by atoms with Crippen LogP contribution in [0.1, 0.15) is 24.7 Å². The molecule has 21 heavy (non-hydrogen) atoms. The van der Waals surface area contributed by atoms with Gasteiger partial charge in [-0.25, -0.2) is 9.37 Å². The summed E-state index contributed by atoms with van der Waals surface area (Å²) in [6.07, 6.45) is 5.82. The molecule has 0 fully saturated rings. The van der Waals surface area contributed by atoms with Crippen LogP contribution >= 0.6 is 0 Å². The first-order chi connectivity index (χ1) is 10.1. The van der Waals surface area contributed by atoms with Crippen LogP contribution in [0.5, 0.6) is 5.75 Å². The largest absolute Gasteiger partial charge is 0.490 e. The molecule has 1 aromatic heterocycles. The van der Waals surface area contributed by atoms with Gasteiger partial charge in [0.1, 0.15) is 5.82 Å². The molecule has 114 valence electrons. The third-order valence-electron chi connectivity index (χ3n) is 3.52. The number of imidazole rings is 1. The van der Waals surface area contributed by atoms with Crippen LogP contribution in [0, 0.1) is 5.82 Å². The lowest BCUT2D eigenvalue weighted by Crippen LogP contribution is -2.21. The molecule has 1 heterocycles. The van der Waals surface area contributed by atoms with Gasteiger partial charge < -0.3 is 15.0 Å². The predicted molar refractivity (Wildman–Crippen MR) is 80.8 cm³/mol. The fourth-order valence-corrected chi connectivity index (χ4v) is 2.13. The summed E-state index contributed by atoms with van der Waals surface area (Å²) >= 11 is 0. The maximum Gasteiger partial charge on any atom is 0.165 e. The van der Waals surface area contributed by atoms with Crippen LogP contribution < -0.4 is 10.5 Å². The zero-order valence-electron chi connectivity index (χ0n) is 12.6. The van der Waals surface area contributed by atoms with Crippen molar-refractivity contribution in [1.82, 2.24) is 9.55 Å². The number of nitrogens with zero attached hydrogens (tertiary/aromatic N) is 2. The Hall–Kier alpha value is -1.88. The van der Waals surface area contributed by atoms with Crippen molar-refractivity contribution >= 4 is 0 Å². The molecule has 5 heteroatoms. The topological polar surface area (TPSA) is 53.1 Å². The molecule has 1 atom stereocenters. The smallest absolute Gasteiger partial charge is 0.165 e. The number of ether oxygens (including phenoxy) is 1. The van der Waals surface area contributed by atoms with Crippen molar-refractivity contribution in [3.05, 3.63) is 47.8 Å². The summed E-state index contributed by atoms with van der Waals surface area (Å²) in [6, 6.07) is 5.12. The van der Waals surface area contributed by atoms with Crippen molar-refractivity contribution in [3.63, 3.8) is 0 Å². The van der Waals surface area contributed by atoms with Crippen LogP contribution in [0.25, 0.3) is 0 Å². The van der Waals surface area contributed by atoms with Crippen LogP contribution in [0.4, 0.5) is 4.39 Å². The summed E-state index contributed by atoms with van der Waals surface area (Å²) in [5.74, 6) is 0.856. The number of benzene rings is 1. The summed E-state index contributed by atoms with van der Waals surface area (Å²) < 4.78 is 21.4. The van der Waals surface area contributed by atoms with Gasteiger partial charge in [0.15, 0.2) is 11.6 Å². The Bertz CT molecular complexity index is 583. The molecule has 1 aromatic carbocycles. The minimum Gasteiger partial charge on any atom is -0.490 e. The molecule has 2 N–H and O–H groups in total. The van der Waals surface area contributed by atoms with Gasteiger partial charge in [-0.3, -0.25) is 0 Å². The summed E-state index contributed by atoms with van der Waals surface area (Å²) in [5, 5.41) is 0. The fraction of sp³-hybridized carbons (Fsp3) is 0.438. The van der Waals surface area contributed by atoms with Gasteiger partial charge in [-0.1, -0.05) is 13.0 Å². The van der Waals surface area contributed by atoms with E-state index in [1.807, 2.05) is 30.8 Å². The molecule has 4 nitrogen and oxygen atoms in total. The van der Waals surface area contributed by atoms with E-state index < -0.39 is 0 Å². The van der Waals surface area contributed by atoms with E-state index in [4.69, 9.17) is 10.5 Å². The highest BCUT2D eigenvalue weighted by molar-refractivity contribution is 5.29. The average molecular weight is 291 g/mol. The van der Waals surface area contributed by atoms with Crippen LogP contribution in [-0.4, -0.2) is 22.2 Å². The van der Waals surface area contributed by atoms with Crippen LogP contribution in [0.15, 0.2) is 30.6 Å². The Morgan fingerprint density at radius 2 is 2.24 bits per heavy atom. The molecule has 0 aliphatic rings. The zero-order chi connectivity index (χ0) is 15.2. The van der Waals surface area contributed by atoms with Crippen molar-refractivity contribution in [1.29, 1.82) is 0 Å². The molecule has 2 rings (SSSR count). The summed E-state index contributed by atoms with van der Waals surface area (Å²) in [6.45, 7) is 2.42. The SMILES string of the molecule is CCC(N)Cc1ccc(OCCc2nccn2C)c(F)c1. The molecule has 0 amide bonds. The van der Waals surface area contributed by atoms with Gasteiger partial charge in [0, 0.05) is 31.9 Å². The second kappa shape index (κ2) is 7.22. The van der Waals surface area contributed by atoms with Crippen molar-refractivity contribution in [2.45, 2.75) is 32.2 Å². The molecule has 0 aliphatic heterocycles. The predicted octanol–water partition coefficient (Wildman–Crippen LogP) is 2.46. The fourth-order valence-electron chi connectivity index (χ4n) is 2.13. The van der Waals surface area contributed by atoms with E-state index in [-0.39, 0.29) is 17.6 Å². The van der Waals surface area contributed by atoms with E-state index in [9.17, 15) is 4.39 Å². The Labute approximate surface area is 124 Å². The maximum atomic E-state index is 14.0. The zero-order valence-corrected chi connectivity index (χ0v) is 12.6. The van der Waals surface area contributed by atoms with E-state index in [0.29, 0.717) is 19.4 Å². The second-order valence-corrected chi connectivity index (χ2v) is 5.19. The van der Waals surface area contributed by atoms with E-state index in [2.05, 4.69) is 4.98 Å². The Kier molecular flexibility index (Phi) is 5.33. The molecule has 0 aliphatic carbocycles. The number of nitrogens with two attached hydrogens (primary N) is 1. The van der Waals surface area contributed by atoms with Gasteiger partial charge in [0.05, 0.1) is 6.61 Å². The third kappa shape index (κ3) is 4.29. The van der Waals surface area contributed by atoms with E-state index >= 15 is 0 Å². The van der Waals surface area contributed by atoms with Crippen LogP contribution in [0.3, 0.4) is 0 Å². The van der Waals surface area contributed by atoms with Gasteiger partial charge in [-0.05, 0) is 30.5 Å². The van der Waals surface area contributed by atoms with Crippen molar-refractivity contribution < 1.29 is 9.13 Å². The highest BCUT2D eigenvalue weighted by atomic mass is 19.1. The highest BCUT2D eigenvalue weighted by Gasteiger charge is 2.08. The van der Waals surface area contributed by atoms with Crippen molar-refractivity contribution in [2.24, 2.45) is 12.8 Å². The number of aromatic nitrogens is 2. The van der Waals surface area contributed by atoms with Crippen molar-refractivity contribution in [3.8, 4) is 5.75 Å². The van der Waals surface area contributed by atoms with E-state index in [1.54, 1.807) is 12.3 Å². The van der Waals surface area contributed by atoms with Gasteiger partial charge in [-0.2, -0.15) is 0 Å². The van der Waals surface area contributed by atoms with Gasteiger partial charge in [0.25, 0.3) is 0 Å². The first-order valence-corrected chi connectivity index (χ1v) is 7.23. The normalized spacial score (nSPS) is 12.4. The third-order valence-corrected chi connectivity index (χ3v) is 3.52. The molecular formula is C16H22FN3O. The minimum absolute atomic E-state index is 0.0691. The van der Waals surface area contributed by atoms with E-state index in [0.717, 1.165) is 17.8 Å². The molecule has 0 spiro atoms. The highest BCUT2D eigenvalue weighted by Crippen LogP contribution is 2.19. The molecule has 0 bridgehead atoms. The number of hydrogen-bond donors (Lipinski definition) is 1. The average Bonchev–Trinajstić information content (AvgIpc) is 2.86. The Morgan fingerprint density at radius 3 is 2.86 bits per heavy atom. The number of hydrogen-bond acceptors (Lipinski definition) is 3. The lowest BCUT2D eigenvalue weighted by Gasteiger charge is -2.11. The number of aryl methyl sites for hydroxylation is 1. The maximum absolute atomic E-state index is 14.0. The molecule has 0 saturated heterocycles. The standard InChI is InChI=1S/C16H22FN3O/c1-3-13(18)10-12-4-5-15(14(17)11-12)21-9-6-16-19-7-8-20(16)2/h4-5,7-8,11,13H,3,6,9-10,18H2,1-2H3. The molecule has 0 radical (unpaired) electrons. The minimum atomic E-state index is -0.337. The molecular weight excluding hydrogens is 269 g/mol. The number of halogens is 1. The lowest BCUT2D eigenvalue weighted by molar-refractivity contribution is 0.301. The number of rotatable bonds is 7. The first kappa shape index (κ1) is 15.5. The molecule has 1 unspecified atom stereocenters. The van der Waals surface area contributed by atoms with Gasteiger partial charge in [0.2, 0.25) is 0 Å². The monoisotopic (exact) mass is 291 g/mol. The Balaban J connectivity index is 1.90. The first-order valence-electron chi connectivity index (χ1n) is 7.23. The quantitative estimate of drug-likeness (QED) is 0.852. The molecule has 0 saturated carbocycles. The summed E-state index contributed by atoms with van der Waals surface area (Å²) in [7, 11) is 1.93. The van der Waals surface area contributed by atoms with Crippen LogP contribution in [-0.2, 0) is 19.9 Å². The van der Waals surface area contributed by atoms with Crippen molar-refractivity contribution in [2.75, 3.05) is 6.61 Å². The van der Waals surface area contributed by atoms with E-state index in [1.165, 1.54) is 6.07 Å². The lowest BCUT2D eigenvalue weighted by atomic mass is 10.0. The molecule has 2 aromatic rings. The Morgan fingerprint density at radius 1 is 1.43 bits per heavy atom. The van der Waals surface area contributed by atoms with Gasteiger partial charge in [-0.15, -0.1) is 0 Å². The van der Waals surface area contributed by atoms with Crippen LogP contribution in [0.2, 0.25) is 0 Å².